The molecule has 1 aliphatic heterocycles. The van der Waals surface area contributed by atoms with E-state index in [-0.39, 0.29) is 23.1 Å². The summed E-state index contributed by atoms with van der Waals surface area (Å²) < 4.78 is 6.29. The number of ether oxygens (including phenoxy) is 1. The first-order chi connectivity index (χ1) is 10.1. The second-order valence-corrected chi connectivity index (χ2v) is 5.58. The van der Waals surface area contributed by atoms with Crippen LogP contribution in [0.15, 0.2) is 52.5 Å². The van der Waals surface area contributed by atoms with Gasteiger partial charge in [-0.15, -0.1) is 0 Å². The second-order valence-electron chi connectivity index (χ2n) is 4.66. The van der Waals surface area contributed by atoms with E-state index in [1.807, 2.05) is 24.3 Å². The standard InChI is InChI=1S/C16H10BrN2O2/c17-10-3-1-9(2-4-10)15-12-6-5-11(20)7-14(12)21-16(19)13(15)8-18/h1-7,15,19-20H/q-1. The highest BCUT2D eigenvalue weighted by atomic mass is 79.9. The van der Waals surface area contributed by atoms with Crippen LogP contribution in [0.4, 0.5) is 0 Å². The van der Waals surface area contributed by atoms with Crippen LogP contribution >= 0.6 is 15.9 Å². The highest BCUT2D eigenvalue weighted by molar-refractivity contribution is 9.10. The molecule has 0 saturated heterocycles. The second kappa shape index (κ2) is 5.20. The molecule has 0 fully saturated rings. The third-order valence-electron chi connectivity index (χ3n) is 3.38. The van der Waals surface area contributed by atoms with Gasteiger partial charge in [0, 0.05) is 27.6 Å². The molecule has 21 heavy (non-hydrogen) atoms. The summed E-state index contributed by atoms with van der Waals surface area (Å²) >= 11 is 3.38. The first kappa shape index (κ1) is 13.6. The first-order valence-electron chi connectivity index (χ1n) is 6.22. The maximum Gasteiger partial charge on any atom is 0.222 e. The number of phenolic OH excluding ortho intramolecular Hbond substituents is 1. The summed E-state index contributed by atoms with van der Waals surface area (Å²) in [5, 5.41) is 26.8. The predicted molar refractivity (Wildman–Crippen MR) is 84.3 cm³/mol. The number of halogens is 1. The number of rotatable bonds is 1. The van der Waals surface area contributed by atoms with Crippen LogP contribution in [0.1, 0.15) is 17.0 Å². The van der Waals surface area contributed by atoms with Gasteiger partial charge in [-0.2, -0.15) is 0 Å². The lowest BCUT2D eigenvalue weighted by atomic mass is 9.83. The van der Waals surface area contributed by atoms with Crippen molar-refractivity contribution in [3.8, 4) is 11.5 Å². The van der Waals surface area contributed by atoms with Crippen LogP contribution in [0.5, 0.6) is 11.5 Å². The van der Waals surface area contributed by atoms with E-state index in [2.05, 4.69) is 21.8 Å². The van der Waals surface area contributed by atoms with Crippen molar-refractivity contribution in [2.45, 2.75) is 5.92 Å². The van der Waals surface area contributed by atoms with Crippen molar-refractivity contribution in [3.63, 3.8) is 0 Å². The molecule has 0 saturated carbocycles. The van der Waals surface area contributed by atoms with E-state index in [0.29, 0.717) is 5.75 Å². The smallest absolute Gasteiger partial charge is 0.222 e. The molecule has 2 aromatic carbocycles. The molecule has 2 N–H and O–H groups in total. The zero-order chi connectivity index (χ0) is 15.0. The van der Waals surface area contributed by atoms with Gasteiger partial charge in [0.1, 0.15) is 11.5 Å². The van der Waals surface area contributed by atoms with Gasteiger partial charge in [0.2, 0.25) is 5.90 Å². The molecular weight excluding hydrogens is 332 g/mol. The van der Waals surface area contributed by atoms with Crippen LogP contribution in [0.3, 0.4) is 0 Å². The van der Waals surface area contributed by atoms with Gasteiger partial charge in [-0.25, -0.2) is 0 Å². The molecule has 0 amide bonds. The van der Waals surface area contributed by atoms with E-state index in [1.165, 1.54) is 6.07 Å². The van der Waals surface area contributed by atoms with Crippen LogP contribution in [0, 0.1) is 5.41 Å². The fraction of sp³-hybridized carbons (Fsp3) is 0.0625. The van der Waals surface area contributed by atoms with E-state index in [0.717, 1.165) is 15.6 Å². The monoisotopic (exact) mass is 341 g/mol. The highest BCUT2D eigenvalue weighted by Crippen LogP contribution is 2.42. The topological polar surface area (TPSA) is 75.6 Å². The Hall–Kier alpha value is -2.36. The van der Waals surface area contributed by atoms with Crippen LogP contribution in [0.25, 0.3) is 5.41 Å². The fourth-order valence-electron chi connectivity index (χ4n) is 2.42. The number of phenols is 1. The van der Waals surface area contributed by atoms with Crippen LogP contribution < -0.4 is 4.74 Å². The van der Waals surface area contributed by atoms with Crippen molar-refractivity contribution in [1.82, 2.24) is 0 Å². The largest absolute Gasteiger partial charge is 0.763 e. The van der Waals surface area contributed by atoms with Crippen LogP contribution in [-0.2, 0) is 0 Å². The molecule has 0 bridgehead atoms. The number of fused-ring (bicyclic) bond motifs is 1. The average Bonchev–Trinajstić information content (AvgIpc) is 2.46. The summed E-state index contributed by atoms with van der Waals surface area (Å²) in [5.41, 5.74) is 1.92. The van der Waals surface area contributed by atoms with Crippen molar-refractivity contribution in [2.75, 3.05) is 0 Å². The van der Waals surface area contributed by atoms with Gasteiger partial charge >= 0.3 is 0 Å². The number of aromatic hydroxyl groups is 1. The SMILES string of the molecule is [N-]=C=C1C(=N)Oc2cc(O)ccc2C1c1ccc(Br)cc1. The van der Waals surface area contributed by atoms with Crippen molar-refractivity contribution in [1.29, 1.82) is 5.41 Å². The van der Waals surface area contributed by atoms with Crippen molar-refractivity contribution >= 4 is 27.7 Å². The number of hydrogen-bond donors (Lipinski definition) is 2. The fourth-order valence-corrected chi connectivity index (χ4v) is 2.68. The van der Waals surface area contributed by atoms with Crippen LogP contribution in [0.2, 0.25) is 0 Å². The third kappa shape index (κ3) is 2.37. The van der Waals surface area contributed by atoms with E-state index in [4.69, 9.17) is 10.1 Å². The molecule has 0 aromatic heterocycles. The normalized spacial score (nSPS) is 16.9. The summed E-state index contributed by atoms with van der Waals surface area (Å²) in [6.45, 7) is 0. The molecule has 1 aliphatic rings. The van der Waals surface area contributed by atoms with E-state index < -0.39 is 0 Å². The molecule has 3 rings (SSSR count). The molecule has 0 radical (unpaired) electrons. The predicted octanol–water partition coefficient (Wildman–Crippen LogP) is 3.82. The molecule has 4 nitrogen and oxygen atoms in total. The minimum Gasteiger partial charge on any atom is -0.763 e. The summed E-state index contributed by atoms with van der Waals surface area (Å²) in [5.74, 6) is 2.00. The maximum atomic E-state index is 9.56. The third-order valence-corrected chi connectivity index (χ3v) is 3.91. The summed E-state index contributed by atoms with van der Waals surface area (Å²) in [6, 6.07) is 12.3. The Balaban J connectivity index is 2.22. The first-order valence-corrected chi connectivity index (χ1v) is 7.01. The summed E-state index contributed by atoms with van der Waals surface area (Å²) in [7, 11) is 0. The van der Waals surface area contributed by atoms with Crippen molar-refractivity contribution in [2.24, 2.45) is 0 Å². The minimum atomic E-state index is -0.361. The number of nitrogens with one attached hydrogen (secondary N) is 1. The van der Waals surface area contributed by atoms with Gasteiger partial charge in [-0.05, 0) is 23.8 Å². The Morgan fingerprint density at radius 2 is 1.90 bits per heavy atom. The molecule has 104 valence electrons. The molecule has 0 spiro atoms. The Morgan fingerprint density at radius 3 is 2.57 bits per heavy atom. The number of nitrogens with zero attached hydrogens (tertiary/aromatic N) is 1. The van der Waals surface area contributed by atoms with Gasteiger partial charge in [0.05, 0.1) is 0 Å². The average molecular weight is 342 g/mol. The zero-order valence-corrected chi connectivity index (χ0v) is 12.4. The molecule has 2 aromatic rings. The molecule has 5 heteroatoms. The molecule has 0 aliphatic carbocycles. The van der Waals surface area contributed by atoms with Crippen molar-refractivity contribution in [3.05, 3.63) is 69.0 Å². The summed E-state index contributed by atoms with van der Waals surface area (Å²) in [6.07, 6.45) is 0. The lowest BCUT2D eigenvalue weighted by Crippen LogP contribution is -2.24. The number of hydrogen-bond acceptors (Lipinski definition) is 3. The van der Waals surface area contributed by atoms with Gasteiger partial charge in [0.15, 0.2) is 0 Å². The Kier molecular flexibility index (Phi) is 3.37. The van der Waals surface area contributed by atoms with Gasteiger partial charge < -0.3 is 15.3 Å². The molecular formula is C16H10BrN2O2-. The Bertz CT molecular complexity index is 777. The molecule has 1 atom stereocenters. The Morgan fingerprint density at radius 1 is 1.19 bits per heavy atom. The highest BCUT2D eigenvalue weighted by Gasteiger charge is 2.30. The van der Waals surface area contributed by atoms with E-state index >= 15 is 0 Å². The zero-order valence-electron chi connectivity index (χ0n) is 10.8. The molecule has 1 unspecified atom stereocenters. The quantitative estimate of drug-likeness (QED) is 0.773. The number of benzene rings is 2. The van der Waals surface area contributed by atoms with E-state index in [1.54, 1.807) is 12.1 Å². The van der Waals surface area contributed by atoms with E-state index in [9.17, 15) is 10.5 Å². The van der Waals surface area contributed by atoms with Gasteiger partial charge in [0.25, 0.3) is 0 Å². The van der Waals surface area contributed by atoms with Crippen molar-refractivity contribution < 1.29 is 9.84 Å². The van der Waals surface area contributed by atoms with Gasteiger partial charge in [-0.3, -0.25) is 11.3 Å². The maximum absolute atomic E-state index is 9.56. The minimum absolute atomic E-state index is 0.0662. The van der Waals surface area contributed by atoms with Crippen LogP contribution in [-0.4, -0.2) is 16.9 Å². The Labute approximate surface area is 129 Å². The summed E-state index contributed by atoms with van der Waals surface area (Å²) in [4.78, 5) is 0. The lowest BCUT2D eigenvalue weighted by molar-refractivity contribution is 0.463. The lowest BCUT2D eigenvalue weighted by Gasteiger charge is -2.28. The molecule has 1 heterocycles. The van der Waals surface area contributed by atoms with Gasteiger partial charge in [-0.1, -0.05) is 34.1 Å².